The highest BCUT2D eigenvalue weighted by molar-refractivity contribution is 5.94. The average molecular weight is 246 g/mol. The van der Waals surface area contributed by atoms with Gasteiger partial charge in [-0.15, -0.1) is 0 Å². The third kappa shape index (κ3) is 2.10. The Hall–Kier alpha value is -1.84. The van der Waals surface area contributed by atoms with Gasteiger partial charge in [-0.25, -0.2) is 4.39 Å². The molecule has 1 aliphatic carbocycles. The third-order valence-electron chi connectivity index (χ3n) is 3.30. The predicted octanol–water partition coefficient (Wildman–Crippen LogP) is 3.14. The molecule has 1 aliphatic rings. The molecule has 1 aromatic carbocycles. The van der Waals surface area contributed by atoms with Crippen LogP contribution in [0.2, 0.25) is 0 Å². The molecule has 1 heterocycles. The molecule has 2 N–H and O–H groups in total. The van der Waals surface area contributed by atoms with Gasteiger partial charge in [0.1, 0.15) is 5.52 Å². The number of nitrogen functional groups attached to an aromatic ring is 1. The number of anilines is 1. The highest BCUT2D eigenvalue weighted by Crippen LogP contribution is 2.34. The number of halogens is 1. The Morgan fingerprint density at radius 2 is 2.28 bits per heavy atom. The van der Waals surface area contributed by atoms with Gasteiger partial charge in [-0.2, -0.15) is 0 Å². The second kappa shape index (κ2) is 4.44. The fourth-order valence-corrected chi connectivity index (χ4v) is 2.08. The van der Waals surface area contributed by atoms with E-state index in [1.807, 2.05) is 6.07 Å². The van der Waals surface area contributed by atoms with Crippen LogP contribution in [-0.2, 0) is 0 Å². The molecule has 2 aromatic rings. The molecule has 1 saturated carbocycles. The Kier molecular flexibility index (Phi) is 2.78. The zero-order chi connectivity index (χ0) is 12.5. The van der Waals surface area contributed by atoms with Crippen LogP contribution in [0.5, 0.6) is 5.75 Å². The van der Waals surface area contributed by atoms with Crippen LogP contribution < -0.4 is 10.5 Å². The van der Waals surface area contributed by atoms with Crippen molar-refractivity contribution in [3.63, 3.8) is 0 Å². The van der Waals surface area contributed by atoms with Gasteiger partial charge in [0.25, 0.3) is 0 Å². The summed E-state index contributed by atoms with van der Waals surface area (Å²) >= 11 is 0. The number of pyridine rings is 1. The van der Waals surface area contributed by atoms with Gasteiger partial charge in [0.2, 0.25) is 0 Å². The Morgan fingerprint density at radius 3 is 3.06 bits per heavy atom. The summed E-state index contributed by atoms with van der Waals surface area (Å²) in [6.45, 7) is 0.539. The molecule has 94 valence electrons. The number of ether oxygens (including phenoxy) is 1. The van der Waals surface area contributed by atoms with Gasteiger partial charge in [-0.05, 0) is 24.5 Å². The van der Waals surface area contributed by atoms with Crippen LogP contribution in [0.3, 0.4) is 0 Å². The molecule has 0 spiro atoms. The first kappa shape index (κ1) is 11.3. The number of nitrogens with two attached hydrogens (primary N) is 1. The SMILES string of the molecule is Nc1cc(F)c(OCCC2CC2)c2ncccc12. The van der Waals surface area contributed by atoms with Crippen LogP contribution in [-0.4, -0.2) is 11.6 Å². The van der Waals surface area contributed by atoms with E-state index < -0.39 is 5.82 Å². The summed E-state index contributed by atoms with van der Waals surface area (Å²) in [6.07, 6.45) is 5.15. The van der Waals surface area contributed by atoms with Crippen LogP contribution in [0.1, 0.15) is 19.3 Å². The van der Waals surface area contributed by atoms with Gasteiger partial charge in [-0.3, -0.25) is 4.98 Å². The third-order valence-corrected chi connectivity index (χ3v) is 3.30. The zero-order valence-corrected chi connectivity index (χ0v) is 10.0. The number of rotatable bonds is 4. The van der Waals surface area contributed by atoms with Crippen LogP contribution in [0.4, 0.5) is 10.1 Å². The van der Waals surface area contributed by atoms with E-state index in [0.29, 0.717) is 17.8 Å². The van der Waals surface area contributed by atoms with E-state index in [1.54, 1.807) is 12.3 Å². The molecule has 3 rings (SSSR count). The van der Waals surface area contributed by atoms with Crippen molar-refractivity contribution in [1.82, 2.24) is 4.98 Å². The molecule has 1 aromatic heterocycles. The fraction of sp³-hybridized carbons (Fsp3) is 0.357. The predicted molar refractivity (Wildman–Crippen MR) is 68.9 cm³/mol. The minimum atomic E-state index is -0.436. The molecule has 3 nitrogen and oxygen atoms in total. The minimum absolute atomic E-state index is 0.223. The summed E-state index contributed by atoms with van der Waals surface area (Å²) in [5.41, 5.74) is 6.68. The maximum absolute atomic E-state index is 13.9. The van der Waals surface area contributed by atoms with Gasteiger partial charge in [0.15, 0.2) is 11.6 Å². The van der Waals surface area contributed by atoms with E-state index in [0.717, 1.165) is 17.7 Å². The van der Waals surface area contributed by atoms with Gasteiger partial charge in [0, 0.05) is 23.3 Å². The minimum Gasteiger partial charge on any atom is -0.488 e. The second-order valence-electron chi connectivity index (χ2n) is 4.76. The summed E-state index contributed by atoms with van der Waals surface area (Å²) in [5.74, 6) is 0.552. The average Bonchev–Trinajstić information content (AvgIpc) is 3.17. The van der Waals surface area contributed by atoms with E-state index in [1.165, 1.54) is 18.9 Å². The zero-order valence-electron chi connectivity index (χ0n) is 10.0. The number of nitrogens with zero attached hydrogens (tertiary/aromatic N) is 1. The molecular weight excluding hydrogens is 231 g/mol. The normalized spacial score (nSPS) is 14.9. The largest absolute Gasteiger partial charge is 0.488 e. The Labute approximate surface area is 105 Å². The van der Waals surface area contributed by atoms with Crippen molar-refractivity contribution in [2.75, 3.05) is 12.3 Å². The first-order chi connectivity index (χ1) is 8.75. The van der Waals surface area contributed by atoms with Gasteiger partial charge in [-0.1, -0.05) is 12.8 Å². The summed E-state index contributed by atoms with van der Waals surface area (Å²) in [5, 5.41) is 0.736. The van der Waals surface area contributed by atoms with Crippen LogP contribution in [0.25, 0.3) is 10.9 Å². The molecule has 0 saturated heterocycles. The van der Waals surface area contributed by atoms with E-state index >= 15 is 0 Å². The first-order valence-electron chi connectivity index (χ1n) is 6.21. The standard InChI is InChI=1S/C14H15FN2O/c15-11-8-12(16)10-2-1-6-17-13(10)14(11)18-7-5-9-3-4-9/h1-2,6,8-9H,3-5,7,16H2. The van der Waals surface area contributed by atoms with Crippen molar-refractivity contribution in [2.24, 2.45) is 5.92 Å². The van der Waals surface area contributed by atoms with Gasteiger partial charge >= 0.3 is 0 Å². The fourth-order valence-electron chi connectivity index (χ4n) is 2.08. The number of fused-ring (bicyclic) bond motifs is 1. The lowest BCUT2D eigenvalue weighted by molar-refractivity contribution is 0.291. The van der Waals surface area contributed by atoms with E-state index in [-0.39, 0.29) is 5.75 Å². The first-order valence-corrected chi connectivity index (χ1v) is 6.21. The molecule has 18 heavy (non-hydrogen) atoms. The Morgan fingerprint density at radius 1 is 1.44 bits per heavy atom. The number of benzene rings is 1. The van der Waals surface area contributed by atoms with Crippen molar-refractivity contribution < 1.29 is 9.13 Å². The number of hydrogen-bond donors (Lipinski definition) is 1. The summed E-state index contributed by atoms with van der Waals surface area (Å²) in [4.78, 5) is 4.17. The van der Waals surface area contributed by atoms with Crippen molar-refractivity contribution in [2.45, 2.75) is 19.3 Å². The molecule has 4 heteroatoms. The molecule has 0 unspecified atom stereocenters. The summed E-state index contributed by atoms with van der Waals surface area (Å²) in [6, 6.07) is 4.91. The molecule has 1 fully saturated rings. The van der Waals surface area contributed by atoms with E-state index in [9.17, 15) is 4.39 Å². The highest BCUT2D eigenvalue weighted by Gasteiger charge is 2.21. The molecule has 0 bridgehead atoms. The van der Waals surface area contributed by atoms with Crippen LogP contribution in [0, 0.1) is 11.7 Å². The van der Waals surface area contributed by atoms with Crippen LogP contribution >= 0.6 is 0 Å². The van der Waals surface area contributed by atoms with Crippen molar-refractivity contribution in [1.29, 1.82) is 0 Å². The van der Waals surface area contributed by atoms with Crippen LogP contribution in [0.15, 0.2) is 24.4 Å². The van der Waals surface area contributed by atoms with Crippen molar-refractivity contribution in [3.05, 3.63) is 30.2 Å². The number of hydrogen-bond acceptors (Lipinski definition) is 3. The van der Waals surface area contributed by atoms with E-state index in [2.05, 4.69) is 4.98 Å². The van der Waals surface area contributed by atoms with E-state index in [4.69, 9.17) is 10.5 Å². The second-order valence-corrected chi connectivity index (χ2v) is 4.76. The Bertz CT molecular complexity index is 581. The molecule has 0 atom stereocenters. The highest BCUT2D eigenvalue weighted by atomic mass is 19.1. The lowest BCUT2D eigenvalue weighted by Gasteiger charge is -2.11. The maximum Gasteiger partial charge on any atom is 0.181 e. The molecule has 0 aliphatic heterocycles. The summed E-state index contributed by atoms with van der Waals surface area (Å²) < 4.78 is 19.4. The van der Waals surface area contributed by atoms with Crippen molar-refractivity contribution in [3.8, 4) is 5.75 Å². The number of aromatic nitrogens is 1. The monoisotopic (exact) mass is 246 g/mol. The maximum atomic E-state index is 13.9. The van der Waals surface area contributed by atoms with Gasteiger partial charge < -0.3 is 10.5 Å². The molecule has 0 amide bonds. The molecular formula is C14H15FN2O. The van der Waals surface area contributed by atoms with Crippen molar-refractivity contribution >= 4 is 16.6 Å². The summed E-state index contributed by atoms with van der Waals surface area (Å²) in [7, 11) is 0. The van der Waals surface area contributed by atoms with Gasteiger partial charge in [0.05, 0.1) is 6.61 Å². The quantitative estimate of drug-likeness (QED) is 0.843. The lowest BCUT2D eigenvalue weighted by atomic mass is 10.1. The lowest BCUT2D eigenvalue weighted by Crippen LogP contribution is -2.02. The molecule has 0 radical (unpaired) electrons. The smallest absolute Gasteiger partial charge is 0.181 e. The topological polar surface area (TPSA) is 48.1 Å². The Balaban J connectivity index is 1.92.